The molecule has 1 rings (SSSR count). The normalized spacial score (nSPS) is 27.2. The Kier molecular flexibility index (Phi) is 2.75. The molecule has 1 unspecified atom stereocenters. The molecule has 2 nitrogen and oxygen atoms in total. The van der Waals surface area contributed by atoms with Crippen LogP contribution in [-0.2, 0) is 0 Å². The van der Waals surface area contributed by atoms with Crippen molar-refractivity contribution in [2.45, 2.75) is 40.7 Å². The lowest BCUT2D eigenvalue weighted by atomic mass is 10.0. The predicted molar refractivity (Wildman–Crippen MR) is 57.6 cm³/mol. The van der Waals surface area contributed by atoms with Crippen LogP contribution >= 0.6 is 0 Å². The molecule has 0 aliphatic heterocycles. The molecule has 1 atom stereocenters. The second-order valence-electron chi connectivity index (χ2n) is 5.63. The van der Waals surface area contributed by atoms with E-state index >= 15 is 0 Å². The minimum atomic E-state index is 0.446. The first-order valence-corrected chi connectivity index (χ1v) is 5.27. The fourth-order valence-electron chi connectivity index (χ4n) is 2.11. The number of nitrogens with two attached hydrogens (primary N) is 1. The molecule has 0 saturated heterocycles. The number of rotatable bonds is 4. The molecule has 1 fully saturated rings. The maximum absolute atomic E-state index is 5.57. The van der Waals surface area contributed by atoms with Crippen LogP contribution in [-0.4, -0.2) is 19.1 Å². The van der Waals surface area contributed by atoms with Crippen LogP contribution < -0.4 is 11.1 Å². The molecule has 0 aromatic carbocycles. The highest BCUT2D eigenvalue weighted by Gasteiger charge is 2.64. The van der Waals surface area contributed by atoms with Gasteiger partial charge in [0.2, 0.25) is 0 Å². The molecule has 0 aromatic heterocycles. The van der Waals surface area contributed by atoms with E-state index in [9.17, 15) is 0 Å². The standard InChI is InChI=1S/C11H24N2/c1-8(6-12)7-13-9-10(2,3)11(9,4)5/h8-9,13H,6-7,12H2,1-5H3. The average Bonchev–Trinajstić information content (AvgIpc) is 2.40. The molecule has 0 amide bonds. The highest BCUT2D eigenvalue weighted by molar-refractivity contribution is 5.17. The summed E-state index contributed by atoms with van der Waals surface area (Å²) in [4.78, 5) is 0. The Hall–Kier alpha value is -0.0800. The van der Waals surface area contributed by atoms with Gasteiger partial charge in [-0.2, -0.15) is 0 Å². The monoisotopic (exact) mass is 184 g/mol. The molecule has 0 spiro atoms. The van der Waals surface area contributed by atoms with Crippen molar-refractivity contribution in [2.24, 2.45) is 22.5 Å². The van der Waals surface area contributed by atoms with Gasteiger partial charge in [0.25, 0.3) is 0 Å². The largest absolute Gasteiger partial charge is 0.330 e. The molecule has 3 N–H and O–H groups in total. The second-order valence-corrected chi connectivity index (χ2v) is 5.63. The first kappa shape index (κ1) is 11.0. The van der Waals surface area contributed by atoms with Gasteiger partial charge >= 0.3 is 0 Å². The average molecular weight is 184 g/mol. The van der Waals surface area contributed by atoms with E-state index in [-0.39, 0.29) is 0 Å². The van der Waals surface area contributed by atoms with Crippen molar-refractivity contribution >= 4 is 0 Å². The van der Waals surface area contributed by atoms with Crippen LogP contribution in [0, 0.1) is 16.7 Å². The molecule has 0 heterocycles. The lowest BCUT2D eigenvalue weighted by molar-refractivity contribution is 0.457. The summed E-state index contributed by atoms with van der Waals surface area (Å²) in [7, 11) is 0. The van der Waals surface area contributed by atoms with Crippen LogP contribution in [0.5, 0.6) is 0 Å². The Morgan fingerprint density at radius 3 is 2.00 bits per heavy atom. The first-order chi connectivity index (χ1) is 5.84. The first-order valence-electron chi connectivity index (χ1n) is 5.27. The Balaban J connectivity index is 2.34. The highest BCUT2D eigenvalue weighted by Crippen LogP contribution is 2.62. The topological polar surface area (TPSA) is 38.0 Å². The van der Waals surface area contributed by atoms with Crippen molar-refractivity contribution in [3.63, 3.8) is 0 Å². The van der Waals surface area contributed by atoms with Gasteiger partial charge in [-0.15, -0.1) is 0 Å². The maximum Gasteiger partial charge on any atom is 0.0181 e. The van der Waals surface area contributed by atoms with Gasteiger partial charge in [0.1, 0.15) is 0 Å². The van der Waals surface area contributed by atoms with Crippen molar-refractivity contribution in [3.8, 4) is 0 Å². The zero-order valence-electron chi connectivity index (χ0n) is 9.65. The molecular weight excluding hydrogens is 160 g/mol. The van der Waals surface area contributed by atoms with Gasteiger partial charge in [-0.25, -0.2) is 0 Å². The zero-order chi connectivity index (χ0) is 10.3. The summed E-state index contributed by atoms with van der Waals surface area (Å²) >= 11 is 0. The zero-order valence-corrected chi connectivity index (χ0v) is 9.65. The van der Waals surface area contributed by atoms with Crippen molar-refractivity contribution in [1.82, 2.24) is 5.32 Å². The van der Waals surface area contributed by atoms with E-state index < -0.39 is 0 Å². The van der Waals surface area contributed by atoms with Gasteiger partial charge in [-0.1, -0.05) is 34.6 Å². The summed E-state index contributed by atoms with van der Waals surface area (Å²) in [6, 6.07) is 0.661. The molecule has 1 saturated carbocycles. The Bertz CT molecular complexity index is 171. The van der Waals surface area contributed by atoms with E-state index in [1.54, 1.807) is 0 Å². The van der Waals surface area contributed by atoms with Gasteiger partial charge in [0.15, 0.2) is 0 Å². The molecule has 0 aromatic rings. The second kappa shape index (κ2) is 3.25. The maximum atomic E-state index is 5.57. The van der Waals surface area contributed by atoms with Crippen LogP contribution in [0.25, 0.3) is 0 Å². The molecule has 0 radical (unpaired) electrons. The van der Waals surface area contributed by atoms with Crippen molar-refractivity contribution < 1.29 is 0 Å². The molecule has 1 aliphatic rings. The van der Waals surface area contributed by atoms with Gasteiger partial charge in [0.05, 0.1) is 0 Å². The van der Waals surface area contributed by atoms with Gasteiger partial charge in [-0.3, -0.25) is 0 Å². The lowest BCUT2D eigenvalue weighted by Crippen LogP contribution is -2.30. The highest BCUT2D eigenvalue weighted by atomic mass is 15.0. The summed E-state index contributed by atoms with van der Waals surface area (Å²) in [6.07, 6.45) is 0. The molecule has 13 heavy (non-hydrogen) atoms. The summed E-state index contributed by atoms with van der Waals surface area (Å²) in [5, 5.41) is 3.61. The molecule has 0 bridgehead atoms. The van der Waals surface area contributed by atoms with E-state index in [1.807, 2.05) is 0 Å². The molecular formula is C11H24N2. The molecule has 78 valence electrons. The van der Waals surface area contributed by atoms with E-state index in [4.69, 9.17) is 5.73 Å². The Morgan fingerprint density at radius 1 is 1.23 bits per heavy atom. The van der Waals surface area contributed by atoms with Gasteiger partial charge in [0, 0.05) is 6.04 Å². The minimum Gasteiger partial charge on any atom is -0.330 e. The third kappa shape index (κ3) is 1.75. The van der Waals surface area contributed by atoms with Crippen molar-refractivity contribution in [2.75, 3.05) is 13.1 Å². The molecule has 2 heteroatoms. The van der Waals surface area contributed by atoms with Gasteiger partial charge < -0.3 is 11.1 Å². The predicted octanol–water partition coefficient (Wildman–Crippen LogP) is 1.61. The van der Waals surface area contributed by atoms with Crippen molar-refractivity contribution in [1.29, 1.82) is 0 Å². The summed E-state index contributed by atoms with van der Waals surface area (Å²) in [5.74, 6) is 0.590. The van der Waals surface area contributed by atoms with Crippen LogP contribution in [0.4, 0.5) is 0 Å². The van der Waals surface area contributed by atoms with Crippen LogP contribution in [0.2, 0.25) is 0 Å². The van der Waals surface area contributed by atoms with Crippen LogP contribution in [0.1, 0.15) is 34.6 Å². The Morgan fingerprint density at radius 2 is 1.69 bits per heavy atom. The third-order valence-electron chi connectivity index (χ3n) is 4.09. The number of hydrogen-bond donors (Lipinski definition) is 2. The molecule has 1 aliphatic carbocycles. The fourth-order valence-corrected chi connectivity index (χ4v) is 2.11. The third-order valence-corrected chi connectivity index (χ3v) is 4.09. The van der Waals surface area contributed by atoms with E-state index in [0.717, 1.165) is 13.1 Å². The van der Waals surface area contributed by atoms with E-state index in [1.165, 1.54) is 0 Å². The van der Waals surface area contributed by atoms with Crippen molar-refractivity contribution in [3.05, 3.63) is 0 Å². The van der Waals surface area contributed by atoms with E-state index in [0.29, 0.717) is 22.8 Å². The van der Waals surface area contributed by atoms with Gasteiger partial charge in [-0.05, 0) is 29.8 Å². The Labute approximate surface area is 82.3 Å². The number of hydrogen-bond acceptors (Lipinski definition) is 2. The number of nitrogens with one attached hydrogen (secondary N) is 1. The fraction of sp³-hybridized carbons (Fsp3) is 1.00. The minimum absolute atomic E-state index is 0.446. The SMILES string of the molecule is CC(CN)CNC1C(C)(C)C1(C)C. The van der Waals surface area contributed by atoms with E-state index in [2.05, 4.69) is 39.9 Å². The smallest absolute Gasteiger partial charge is 0.0181 e. The van der Waals surface area contributed by atoms with Crippen LogP contribution in [0.15, 0.2) is 0 Å². The summed E-state index contributed by atoms with van der Waals surface area (Å²) in [5.41, 5.74) is 6.47. The van der Waals surface area contributed by atoms with Crippen LogP contribution in [0.3, 0.4) is 0 Å². The quantitative estimate of drug-likeness (QED) is 0.696. The summed E-state index contributed by atoms with van der Waals surface area (Å²) in [6.45, 7) is 13.3. The summed E-state index contributed by atoms with van der Waals surface area (Å²) < 4.78 is 0. The lowest BCUT2D eigenvalue weighted by Gasteiger charge is -2.11.